The number of hydrogen-bond acceptors (Lipinski definition) is 4. The monoisotopic (exact) mass is 774 g/mol. The number of halogens is 12. The third-order valence-electron chi connectivity index (χ3n) is 4.67. The summed E-state index contributed by atoms with van der Waals surface area (Å²) in [5.74, 6) is -12.2. The van der Waals surface area contributed by atoms with Gasteiger partial charge in [-0.05, 0) is 57.6 Å². The van der Waals surface area contributed by atoms with E-state index in [0.717, 1.165) is 28.7 Å². The summed E-state index contributed by atoms with van der Waals surface area (Å²) in [7, 11) is 0. The van der Waals surface area contributed by atoms with E-state index in [1.807, 2.05) is 0 Å². The van der Waals surface area contributed by atoms with Crippen molar-refractivity contribution < 1.29 is 63.0 Å². The number of fused-ring (bicyclic) bond motifs is 1. The van der Waals surface area contributed by atoms with Crippen LogP contribution in [0.25, 0.3) is 10.8 Å². The number of benzene rings is 2. The van der Waals surface area contributed by atoms with Crippen LogP contribution in [-0.2, 0) is 9.47 Å². The lowest BCUT2D eigenvalue weighted by atomic mass is 10.0. The van der Waals surface area contributed by atoms with E-state index in [9.17, 15) is 53.5 Å². The molecule has 0 unspecified atom stereocenters. The van der Waals surface area contributed by atoms with Crippen molar-refractivity contribution in [3.05, 3.63) is 47.5 Å². The third kappa shape index (κ3) is 8.44. The lowest BCUT2D eigenvalue weighted by Crippen LogP contribution is -2.39. The highest BCUT2D eigenvalue weighted by atomic mass is 127. The maximum absolute atomic E-state index is 13.1. The lowest BCUT2D eigenvalue weighted by Gasteiger charge is -2.22. The fourth-order valence-electron chi connectivity index (χ4n) is 2.75. The van der Waals surface area contributed by atoms with Gasteiger partial charge in [0.1, 0.15) is 6.61 Å². The summed E-state index contributed by atoms with van der Waals surface area (Å²) in [4.78, 5) is 24.4. The van der Waals surface area contributed by atoms with Gasteiger partial charge in [-0.2, -0.15) is 43.9 Å². The number of alkyl halides is 12. The van der Waals surface area contributed by atoms with E-state index in [2.05, 4.69) is 4.74 Å². The van der Waals surface area contributed by atoms with Crippen molar-refractivity contribution in [3.8, 4) is 0 Å². The SMILES string of the molecule is O=C(OC[C@@H](I)CC(F)(F)C(F)(F)F)c1ccc2cc(C(=O)O[C@@H](I)CC(F)(F)C(F)(F)F)ccc2c1. The number of carbonyl (C=O) groups excluding carboxylic acids is 2. The van der Waals surface area contributed by atoms with E-state index in [4.69, 9.17) is 4.74 Å². The van der Waals surface area contributed by atoms with Gasteiger partial charge in [-0.3, -0.25) is 0 Å². The van der Waals surface area contributed by atoms with Gasteiger partial charge in [0.15, 0.2) is 4.11 Å². The molecular weight excluding hydrogens is 760 g/mol. The van der Waals surface area contributed by atoms with E-state index in [-0.39, 0.29) is 11.1 Å². The van der Waals surface area contributed by atoms with Crippen LogP contribution in [0.1, 0.15) is 33.6 Å². The molecule has 2 rings (SSSR count). The summed E-state index contributed by atoms with van der Waals surface area (Å²) in [6, 6.07) is 7.48. The Kier molecular flexibility index (Phi) is 9.95. The highest BCUT2D eigenvalue weighted by Crippen LogP contribution is 2.41. The first-order chi connectivity index (χ1) is 16.7. The van der Waals surface area contributed by atoms with Gasteiger partial charge in [0.25, 0.3) is 0 Å². The minimum atomic E-state index is -5.81. The molecule has 0 saturated carbocycles. The molecule has 0 amide bonds. The van der Waals surface area contributed by atoms with E-state index in [0.29, 0.717) is 10.8 Å². The first kappa shape index (κ1) is 31.6. The second kappa shape index (κ2) is 11.6. The van der Waals surface area contributed by atoms with Crippen molar-refractivity contribution in [2.24, 2.45) is 0 Å². The highest BCUT2D eigenvalue weighted by molar-refractivity contribution is 14.1. The Morgan fingerprint density at radius 1 is 0.703 bits per heavy atom. The molecule has 37 heavy (non-hydrogen) atoms. The first-order valence-electron chi connectivity index (χ1n) is 9.83. The molecule has 0 heterocycles. The Labute approximate surface area is 229 Å². The zero-order valence-corrected chi connectivity index (χ0v) is 22.2. The van der Waals surface area contributed by atoms with Gasteiger partial charge in [0.05, 0.1) is 21.5 Å². The van der Waals surface area contributed by atoms with Gasteiger partial charge < -0.3 is 9.47 Å². The minimum Gasteiger partial charge on any atom is -0.461 e. The summed E-state index contributed by atoms with van der Waals surface area (Å²) in [6.07, 6.45) is -14.9. The summed E-state index contributed by atoms with van der Waals surface area (Å²) in [5, 5.41) is 0.670. The van der Waals surface area contributed by atoms with Crippen molar-refractivity contribution in [2.45, 2.75) is 45.1 Å². The largest absolute Gasteiger partial charge is 0.461 e. The second-order valence-corrected chi connectivity index (χ2v) is 10.8. The Hall–Kier alpha value is -1.60. The molecule has 16 heteroatoms. The molecule has 2 atom stereocenters. The zero-order valence-electron chi connectivity index (χ0n) is 17.9. The molecule has 206 valence electrons. The fourth-order valence-corrected chi connectivity index (χ4v) is 4.26. The van der Waals surface area contributed by atoms with Crippen LogP contribution < -0.4 is 0 Å². The Balaban J connectivity index is 2.03. The van der Waals surface area contributed by atoms with E-state index >= 15 is 0 Å². The molecule has 0 aliphatic carbocycles. The van der Waals surface area contributed by atoms with Crippen LogP contribution in [0, 0.1) is 0 Å². The molecule has 0 aromatic heterocycles. The van der Waals surface area contributed by atoms with Crippen molar-refractivity contribution in [1.29, 1.82) is 0 Å². The third-order valence-corrected chi connectivity index (χ3v) is 6.16. The van der Waals surface area contributed by atoms with E-state index < -0.39 is 63.6 Å². The number of rotatable bonds is 9. The molecule has 0 bridgehead atoms. The number of ether oxygens (including phenoxy) is 2. The Morgan fingerprint density at radius 2 is 1.14 bits per heavy atom. The smallest absolute Gasteiger partial charge is 0.453 e. The van der Waals surface area contributed by atoms with Gasteiger partial charge in [-0.25, -0.2) is 9.59 Å². The topological polar surface area (TPSA) is 52.6 Å². The van der Waals surface area contributed by atoms with Crippen molar-refractivity contribution in [3.63, 3.8) is 0 Å². The van der Waals surface area contributed by atoms with Gasteiger partial charge in [-0.15, -0.1) is 0 Å². The van der Waals surface area contributed by atoms with Crippen LogP contribution in [0.3, 0.4) is 0 Å². The summed E-state index contributed by atoms with van der Waals surface area (Å²) >= 11 is 2.43. The fraction of sp³-hybridized carbons (Fsp3) is 0.429. The van der Waals surface area contributed by atoms with Gasteiger partial charge in [-0.1, -0.05) is 34.7 Å². The second-order valence-electron chi connectivity index (χ2n) is 7.60. The zero-order chi connectivity index (χ0) is 28.4. The van der Waals surface area contributed by atoms with Gasteiger partial charge in [0, 0.05) is 6.42 Å². The summed E-state index contributed by atoms with van der Waals surface area (Å²) < 4.78 is 133. The van der Waals surface area contributed by atoms with Crippen molar-refractivity contribution in [1.82, 2.24) is 0 Å². The predicted octanol–water partition coefficient (Wildman–Crippen LogP) is 7.89. The minimum absolute atomic E-state index is 0.0873. The maximum Gasteiger partial charge on any atom is 0.453 e. The molecule has 2 aromatic rings. The molecule has 2 aromatic carbocycles. The molecule has 0 spiro atoms. The van der Waals surface area contributed by atoms with E-state index in [1.54, 1.807) is 0 Å². The first-order valence-corrected chi connectivity index (χ1v) is 12.3. The number of esters is 2. The lowest BCUT2D eigenvalue weighted by molar-refractivity contribution is -0.286. The quantitative estimate of drug-likeness (QED) is 0.113. The normalized spacial score (nSPS) is 14.8. The summed E-state index contributed by atoms with van der Waals surface area (Å²) in [6.45, 7) is -0.723. The molecule has 0 N–H and O–H groups in total. The maximum atomic E-state index is 13.1. The average molecular weight is 774 g/mol. The number of hydrogen-bond donors (Lipinski definition) is 0. The van der Waals surface area contributed by atoms with Crippen LogP contribution >= 0.6 is 45.2 Å². The van der Waals surface area contributed by atoms with Crippen molar-refractivity contribution in [2.75, 3.05) is 6.61 Å². The molecule has 0 saturated heterocycles. The van der Waals surface area contributed by atoms with Crippen LogP contribution in [0.5, 0.6) is 0 Å². The Morgan fingerprint density at radius 3 is 1.59 bits per heavy atom. The summed E-state index contributed by atoms with van der Waals surface area (Å²) in [5.41, 5.74) is -0.270. The van der Waals surface area contributed by atoms with Crippen LogP contribution in [0.15, 0.2) is 36.4 Å². The highest BCUT2D eigenvalue weighted by Gasteiger charge is 2.59. The van der Waals surface area contributed by atoms with Crippen molar-refractivity contribution >= 4 is 67.9 Å². The standard InChI is InChI=1S/C21H14F10I2O4/c22-18(23,20(26,27)28)7-14(32)9-36-16(34)12-3-1-11-6-13(4-2-10(11)5-12)17(35)37-15(33)8-19(24,25)21(29,30)31/h1-6,14-15H,7-9H2/t14-,15+/m0/s1. The number of carbonyl (C=O) groups is 2. The molecule has 0 radical (unpaired) electrons. The van der Waals surface area contributed by atoms with Gasteiger partial charge in [0.2, 0.25) is 0 Å². The van der Waals surface area contributed by atoms with Crippen LogP contribution in [-0.4, -0.2) is 50.8 Å². The Bertz CT molecular complexity index is 1130. The predicted molar refractivity (Wildman–Crippen MR) is 126 cm³/mol. The molecule has 0 fully saturated rings. The molecule has 0 aliphatic heterocycles. The van der Waals surface area contributed by atoms with Gasteiger partial charge >= 0.3 is 36.1 Å². The molecular formula is C21H14F10I2O4. The average Bonchev–Trinajstić information content (AvgIpc) is 2.74. The van der Waals surface area contributed by atoms with Crippen LogP contribution in [0.4, 0.5) is 43.9 Å². The molecule has 4 nitrogen and oxygen atoms in total. The van der Waals surface area contributed by atoms with E-state index in [1.165, 1.54) is 52.9 Å². The molecule has 0 aliphatic rings. The van der Waals surface area contributed by atoms with Crippen LogP contribution in [0.2, 0.25) is 0 Å².